The van der Waals surface area contributed by atoms with Crippen LogP contribution in [0.4, 0.5) is 0 Å². The van der Waals surface area contributed by atoms with Gasteiger partial charge < -0.3 is 90.0 Å². The van der Waals surface area contributed by atoms with E-state index in [4.69, 9.17) is 30.6 Å². The monoisotopic (exact) mass is 498 g/mol. The molecule has 0 aromatic heterocycles. The third-order valence-electron chi connectivity index (χ3n) is 2.35. The number of aliphatic carboxylic acids is 6. The molecule has 6 atom stereocenters. The molecular weight excluding hydrogens is 486 g/mol. The zero-order chi connectivity index (χ0) is 24.9. The molecular formula is C12H12Al2O18. The molecule has 32 heavy (non-hydrogen) atoms. The Morgan fingerprint density at radius 3 is 0.438 bits per heavy atom. The van der Waals surface area contributed by atoms with Crippen LogP contribution in [0.25, 0.3) is 0 Å². The summed E-state index contributed by atoms with van der Waals surface area (Å²) >= 11 is 0. The normalized spacial score (nSPS) is 14.8. The molecule has 20 heteroatoms. The van der Waals surface area contributed by atoms with Gasteiger partial charge >= 0.3 is 34.7 Å². The van der Waals surface area contributed by atoms with Gasteiger partial charge in [0.2, 0.25) is 0 Å². The molecule has 0 aromatic carbocycles. The largest absolute Gasteiger partial charge is 3.00 e. The molecule has 0 saturated heterocycles. The van der Waals surface area contributed by atoms with Gasteiger partial charge in [0.15, 0.2) is 0 Å². The summed E-state index contributed by atoms with van der Waals surface area (Å²) < 4.78 is 0. The summed E-state index contributed by atoms with van der Waals surface area (Å²) in [5, 5.41) is 107. The molecule has 0 aliphatic carbocycles. The molecule has 0 heterocycles. The Hall–Kier alpha value is -2.36. The second-order valence-electron chi connectivity index (χ2n) is 4.58. The van der Waals surface area contributed by atoms with Crippen LogP contribution in [-0.2, 0) is 28.8 Å². The second kappa shape index (κ2) is 19.3. The molecule has 0 fully saturated rings. The van der Waals surface area contributed by atoms with Gasteiger partial charge in [0.1, 0.15) is 36.6 Å². The summed E-state index contributed by atoms with van der Waals surface area (Å²) in [5.41, 5.74) is 0. The van der Waals surface area contributed by atoms with Gasteiger partial charge in [-0.1, -0.05) is 0 Å². The number of carbonyl (C=O) groups is 6. The third-order valence-corrected chi connectivity index (χ3v) is 2.35. The van der Waals surface area contributed by atoms with Crippen molar-refractivity contribution < 1.29 is 90.0 Å². The maximum atomic E-state index is 9.63. The van der Waals surface area contributed by atoms with E-state index in [9.17, 15) is 59.4 Å². The molecule has 0 rings (SSSR count). The molecule has 0 unspecified atom stereocenters. The molecule has 0 saturated carbocycles. The summed E-state index contributed by atoms with van der Waals surface area (Å²) in [6, 6.07) is 0. The predicted octanol–water partition coefficient (Wildman–Crippen LogP) is -15.1. The molecule has 0 radical (unpaired) electrons. The molecule has 6 N–H and O–H groups in total. The number of carboxylic acid groups (broad SMARTS) is 6. The minimum absolute atomic E-state index is 0. The molecule has 0 amide bonds. The van der Waals surface area contributed by atoms with Crippen molar-refractivity contribution in [3.8, 4) is 0 Å². The summed E-state index contributed by atoms with van der Waals surface area (Å²) in [5.74, 6) is -12.4. The van der Waals surface area contributed by atoms with E-state index in [1.54, 1.807) is 0 Å². The van der Waals surface area contributed by atoms with Crippen molar-refractivity contribution >= 4 is 70.5 Å². The second-order valence-corrected chi connectivity index (χ2v) is 4.58. The zero-order valence-corrected chi connectivity index (χ0v) is 17.5. The molecule has 174 valence electrons. The van der Waals surface area contributed by atoms with Crippen LogP contribution in [0.5, 0.6) is 0 Å². The standard InChI is InChI=1S/3C4H6O6.2Al/c3*5-1(3(7)8)2(6)4(9)10;;/h3*1-2,5-6H,(H,7,8)(H,9,10);;/q;;;2*+3/p-6/t3*1-,2-;;/m111../s1. The fraction of sp³-hybridized carbons (Fsp3) is 0.500. The van der Waals surface area contributed by atoms with Gasteiger partial charge in [0, 0.05) is 0 Å². The van der Waals surface area contributed by atoms with E-state index in [0.717, 1.165) is 0 Å². The summed E-state index contributed by atoms with van der Waals surface area (Å²) in [6.07, 6.45) is -14.6. The zero-order valence-electron chi connectivity index (χ0n) is 15.2. The first-order valence-corrected chi connectivity index (χ1v) is 6.73. The van der Waals surface area contributed by atoms with E-state index < -0.39 is 72.4 Å². The van der Waals surface area contributed by atoms with Gasteiger partial charge in [-0.15, -0.1) is 0 Å². The molecule has 18 nitrogen and oxygen atoms in total. The molecule has 0 bridgehead atoms. The van der Waals surface area contributed by atoms with Gasteiger partial charge in [0.25, 0.3) is 0 Å². The average Bonchev–Trinajstić information content (AvgIpc) is 2.64. The number of aliphatic hydroxyl groups is 6. The summed E-state index contributed by atoms with van der Waals surface area (Å²) in [7, 11) is 0. The van der Waals surface area contributed by atoms with Crippen LogP contribution in [0, 0.1) is 0 Å². The van der Waals surface area contributed by atoms with Crippen molar-refractivity contribution in [2.45, 2.75) is 36.6 Å². The summed E-state index contributed by atoms with van der Waals surface area (Å²) in [6.45, 7) is 0. The number of aliphatic hydroxyl groups excluding tert-OH is 6. The maximum absolute atomic E-state index is 9.63. The van der Waals surface area contributed by atoms with Crippen molar-refractivity contribution in [2.24, 2.45) is 0 Å². The van der Waals surface area contributed by atoms with Crippen LogP contribution in [0.1, 0.15) is 0 Å². The topological polar surface area (TPSA) is 362 Å². The number of carbonyl (C=O) groups excluding carboxylic acids is 6. The first-order chi connectivity index (χ1) is 13.4. The molecule has 0 aromatic rings. The minimum atomic E-state index is -2.44. The molecule has 0 aliphatic heterocycles. The minimum Gasteiger partial charge on any atom is -0.547 e. The Morgan fingerprint density at radius 2 is 0.406 bits per heavy atom. The van der Waals surface area contributed by atoms with E-state index in [1.807, 2.05) is 0 Å². The Labute approximate surface area is 197 Å². The van der Waals surface area contributed by atoms with Gasteiger partial charge in [0.05, 0.1) is 35.8 Å². The van der Waals surface area contributed by atoms with Gasteiger partial charge in [-0.05, 0) is 0 Å². The van der Waals surface area contributed by atoms with E-state index in [-0.39, 0.29) is 34.7 Å². The van der Waals surface area contributed by atoms with Crippen LogP contribution in [0.3, 0.4) is 0 Å². The quantitative estimate of drug-likeness (QED) is 0.161. The SMILES string of the molecule is O=C([O-])[C@H](O)[C@@H](O)C(=O)[O-].O=C([O-])[C@H](O)[C@@H](O)C(=O)[O-].O=C([O-])[C@H](O)[C@@H](O)C(=O)[O-].[Al+3].[Al+3]. The fourth-order valence-electron chi connectivity index (χ4n) is 0.773. The smallest absolute Gasteiger partial charge is 0.547 e. The number of hydrogen-bond donors (Lipinski definition) is 6. The van der Waals surface area contributed by atoms with Gasteiger partial charge in [-0.2, -0.15) is 0 Å². The van der Waals surface area contributed by atoms with Crippen molar-refractivity contribution in [1.29, 1.82) is 0 Å². The molecule has 0 aliphatic rings. The summed E-state index contributed by atoms with van der Waals surface area (Å²) in [4.78, 5) is 57.8. The fourth-order valence-corrected chi connectivity index (χ4v) is 0.773. The molecule has 0 spiro atoms. The van der Waals surface area contributed by atoms with Crippen LogP contribution in [0.2, 0.25) is 0 Å². The van der Waals surface area contributed by atoms with Crippen molar-refractivity contribution in [1.82, 2.24) is 0 Å². The first kappa shape index (κ1) is 40.0. The maximum Gasteiger partial charge on any atom is 3.00 e. The Balaban J connectivity index is -0.000000110. The van der Waals surface area contributed by atoms with E-state index >= 15 is 0 Å². The van der Waals surface area contributed by atoms with E-state index in [0.29, 0.717) is 0 Å². The van der Waals surface area contributed by atoms with Crippen molar-refractivity contribution in [2.75, 3.05) is 0 Å². The van der Waals surface area contributed by atoms with Gasteiger partial charge in [-0.3, -0.25) is 0 Å². The van der Waals surface area contributed by atoms with E-state index in [2.05, 4.69) is 0 Å². The average molecular weight is 498 g/mol. The number of hydrogen-bond acceptors (Lipinski definition) is 18. The van der Waals surface area contributed by atoms with Crippen molar-refractivity contribution in [3.63, 3.8) is 0 Å². The van der Waals surface area contributed by atoms with Gasteiger partial charge in [-0.25, -0.2) is 0 Å². The predicted molar refractivity (Wildman–Crippen MR) is 77.6 cm³/mol. The Bertz CT molecular complexity index is 498. The number of carboxylic acids is 6. The van der Waals surface area contributed by atoms with Crippen LogP contribution < -0.4 is 30.6 Å². The van der Waals surface area contributed by atoms with Crippen LogP contribution >= 0.6 is 0 Å². The van der Waals surface area contributed by atoms with Crippen molar-refractivity contribution in [3.05, 3.63) is 0 Å². The first-order valence-electron chi connectivity index (χ1n) is 6.73. The van der Waals surface area contributed by atoms with E-state index in [1.165, 1.54) is 0 Å². The third kappa shape index (κ3) is 17.3. The Morgan fingerprint density at radius 1 is 0.344 bits per heavy atom. The Kier molecular flexibility index (Phi) is 24.2. The number of rotatable bonds is 9. The van der Waals surface area contributed by atoms with Crippen LogP contribution in [0.15, 0.2) is 0 Å². The van der Waals surface area contributed by atoms with Crippen LogP contribution in [-0.4, -0.2) is 138 Å².